The molecule has 0 unspecified atom stereocenters. The highest BCUT2D eigenvalue weighted by Gasteiger charge is 2.25. The van der Waals surface area contributed by atoms with E-state index >= 15 is 0 Å². The van der Waals surface area contributed by atoms with Crippen LogP contribution < -0.4 is 0 Å². The van der Waals surface area contributed by atoms with Gasteiger partial charge in [-0.2, -0.15) is 0 Å². The monoisotopic (exact) mass is 251 g/mol. The summed E-state index contributed by atoms with van der Waals surface area (Å²) >= 11 is 3.39. The van der Waals surface area contributed by atoms with Crippen LogP contribution in [0, 0.1) is 5.41 Å². The fourth-order valence-electron chi connectivity index (χ4n) is 1.82. The molecule has 74 valence electrons. The molecule has 1 aromatic rings. The summed E-state index contributed by atoms with van der Waals surface area (Å²) in [7, 11) is 0. The van der Waals surface area contributed by atoms with Gasteiger partial charge in [-0.15, -0.1) is 0 Å². The van der Waals surface area contributed by atoms with Gasteiger partial charge in [-0.1, -0.05) is 19.9 Å². The maximum atomic E-state index is 4.41. The Labute approximate surface area is 93.4 Å². The molecule has 2 heteroatoms. The van der Waals surface area contributed by atoms with Crippen LogP contribution in [0.25, 0.3) is 5.57 Å². The number of pyridine rings is 1. The molecule has 0 fully saturated rings. The van der Waals surface area contributed by atoms with Crippen molar-refractivity contribution in [2.45, 2.75) is 26.7 Å². The predicted octanol–water partition coefficient (Wildman–Crippen LogP) is 4.05. The van der Waals surface area contributed by atoms with Gasteiger partial charge in [0.1, 0.15) is 0 Å². The van der Waals surface area contributed by atoms with E-state index < -0.39 is 0 Å². The molecule has 1 nitrogen and oxygen atoms in total. The van der Waals surface area contributed by atoms with Gasteiger partial charge in [-0.25, -0.2) is 0 Å². The summed E-state index contributed by atoms with van der Waals surface area (Å²) in [4.78, 5) is 4.41. The van der Waals surface area contributed by atoms with Gasteiger partial charge >= 0.3 is 0 Å². The zero-order valence-corrected chi connectivity index (χ0v) is 10.1. The number of hydrogen-bond acceptors (Lipinski definition) is 1. The Morgan fingerprint density at radius 1 is 1.36 bits per heavy atom. The average Bonchev–Trinajstić information content (AvgIpc) is 2.47. The van der Waals surface area contributed by atoms with Crippen LogP contribution in [0.3, 0.4) is 0 Å². The van der Waals surface area contributed by atoms with Crippen LogP contribution in [0.2, 0.25) is 0 Å². The van der Waals surface area contributed by atoms with Gasteiger partial charge in [0.25, 0.3) is 0 Å². The molecule has 1 aliphatic rings. The molecule has 2 rings (SSSR count). The van der Waals surface area contributed by atoms with Gasteiger partial charge in [-0.3, -0.25) is 4.98 Å². The molecule has 0 aliphatic heterocycles. The topological polar surface area (TPSA) is 12.9 Å². The summed E-state index contributed by atoms with van der Waals surface area (Å²) < 4.78 is 1.04. The Balaban J connectivity index is 2.22. The largest absolute Gasteiger partial charge is 0.255 e. The Morgan fingerprint density at radius 2 is 2.14 bits per heavy atom. The number of aromatic nitrogens is 1. The van der Waals surface area contributed by atoms with Crippen molar-refractivity contribution in [1.82, 2.24) is 4.98 Å². The van der Waals surface area contributed by atoms with Crippen molar-refractivity contribution in [2.75, 3.05) is 0 Å². The summed E-state index contributed by atoms with van der Waals surface area (Å²) in [6, 6.07) is 4.13. The Kier molecular flexibility index (Phi) is 2.48. The van der Waals surface area contributed by atoms with Gasteiger partial charge in [0.15, 0.2) is 0 Å². The third kappa shape index (κ3) is 2.06. The standard InChI is InChI=1S/C12H14BrN/c1-12(2)6-5-9(7-12)11-4-3-10(13)8-14-11/h3-5,8H,6-7H2,1-2H3. The number of hydrogen-bond donors (Lipinski definition) is 0. The van der Waals surface area contributed by atoms with Gasteiger partial charge < -0.3 is 0 Å². The SMILES string of the molecule is CC1(C)CC=C(c2ccc(Br)cn2)C1. The smallest absolute Gasteiger partial charge is 0.0659 e. The van der Waals surface area contributed by atoms with E-state index in [1.165, 1.54) is 12.0 Å². The van der Waals surface area contributed by atoms with Crippen molar-refractivity contribution < 1.29 is 0 Å². The Hall–Kier alpha value is -0.630. The third-order valence-corrected chi connectivity index (χ3v) is 3.10. The molecule has 0 bridgehead atoms. The van der Waals surface area contributed by atoms with Crippen molar-refractivity contribution in [3.05, 3.63) is 34.6 Å². The van der Waals surface area contributed by atoms with Crippen LogP contribution in [-0.2, 0) is 0 Å². The second kappa shape index (κ2) is 3.50. The first-order valence-corrected chi connectivity index (χ1v) is 5.67. The molecular formula is C12H14BrN. The molecule has 0 radical (unpaired) electrons. The van der Waals surface area contributed by atoms with E-state index in [-0.39, 0.29) is 0 Å². The fourth-order valence-corrected chi connectivity index (χ4v) is 2.05. The van der Waals surface area contributed by atoms with E-state index in [9.17, 15) is 0 Å². The molecule has 0 amide bonds. The number of rotatable bonds is 1. The molecule has 0 aromatic carbocycles. The van der Waals surface area contributed by atoms with Crippen molar-refractivity contribution in [3.63, 3.8) is 0 Å². The van der Waals surface area contributed by atoms with E-state index in [4.69, 9.17) is 0 Å². The fraction of sp³-hybridized carbons (Fsp3) is 0.417. The first kappa shape index (κ1) is 9.91. The second-order valence-corrected chi connectivity index (χ2v) is 5.55. The summed E-state index contributed by atoms with van der Waals surface area (Å²) in [6.07, 6.45) is 6.49. The minimum atomic E-state index is 0.421. The lowest BCUT2D eigenvalue weighted by Crippen LogP contribution is -2.04. The van der Waals surface area contributed by atoms with Crippen LogP contribution in [0.4, 0.5) is 0 Å². The lowest BCUT2D eigenvalue weighted by Gasteiger charge is -2.16. The van der Waals surface area contributed by atoms with Crippen LogP contribution in [0.5, 0.6) is 0 Å². The van der Waals surface area contributed by atoms with Crippen LogP contribution >= 0.6 is 15.9 Å². The lowest BCUT2D eigenvalue weighted by atomic mass is 9.89. The van der Waals surface area contributed by atoms with E-state index in [0.717, 1.165) is 16.6 Å². The van der Waals surface area contributed by atoms with Gasteiger partial charge in [-0.05, 0) is 51.9 Å². The summed E-state index contributed by atoms with van der Waals surface area (Å²) in [5.74, 6) is 0. The summed E-state index contributed by atoms with van der Waals surface area (Å²) in [5.41, 5.74) is 2.94. The van der Waals surface area contributed by atoms with E-state index in [2.05, 4.69) is 53.0 Å². The minimum absolute atomic E-state index is 0.421. The first-order valence-electron chi connectivity index (χ1n) is 4.88. The highest BCUT2D eigenvalue weighted by molar-refractivity contribution is 9.10. The number of nitrogens with zero attached hydrogens (tertiary/aromatic N) is 1. The molecule has 1 aromatic heterocycles. The third-order valence-electron chi connectivity index (χ3n) is 2.63. The average molecular weight is 252 g/mol. The number of halogens is 1. The van der Waals surface area contributed by atoms with Gasteiger partial charge in [0.05, 0.1) is 5.69 Å². The predicted molar refractivity (Wildman–Crippen MR) is 62.9 cm³/mol. The van der Waals surface area contributed by atoms with Crippen molar-refractivity contribution in [1.29, 1.82) is 0 Å². The normalized spacial score (nSPS) is 19.5. The maximum absolute atomic E-state index is 4.41. The summed E-state index contributed by atoms with van der Waals surface area (Å²) in [6.45, 7) is 4.60. The quantitative estimate of drug-likeness (QED) is 0.734. The zero-order valence-electron chi connectivity index (χ0n) is 8.55. The van der Waals surface area contributed by atoms with Crippen LogP contribution in [0.1, 0.15) is 32.4 Å². The molecule has 0 N–H and O–H groups in total. The molecular weight excluding hydrogens is 238 g/mol. The van der Waals surface area contributed by atoms with Crippen molar-refractivity contribution in [3.8, 4) is 0 Å². The van der Waals surface area contributed by atoms with Gasteiger partial charge in [0.2, 0.25) is 0 Å². The minimum Gasteiger partial charge on any atom is -0.255 e. The van der Waals surface area contributed by atoms with Crippen molar-refractivity contribution in [2.24, 2.45) is 5.41 Å². The molecule has 1 heterocycles. The molecule has 0 saturated heterocycles. The summed E-state index contributed by atoms with van der Waals surface area (Å²) in [5, 5.41) is 0. The Bertz CT molecular complexity index is 362. The maximum Gasteiger partial charge on any atom is 0.0659 e. The molecule has 0 atom stereocenters. The highest BCUT2D eigenvalue weighted by atomic mass is 79.9. The van der Waals surface area contributed by atoms with Crippen LogP contribution in [-0.4, -0.2) is 4.98 Å². The van der Waals surface area contributed by atoms with Crippen molar-refractivity contribution >= 4 is 21.5 Å². The number of allylic oxidation sites excluding steroid dienone is 2. The van der Waals surface area contributed by atoms with E-state index in [1.807, 2.05) is 6.20 Å². The zero-order chi connectivity index (χ0) is 10.2. The molecule has 0 saturated carbocycles. The van der Waals surface area contributed by atoms with Gasteiger partial charge in [0, 0.05) is 10.7 Å². The van der Waals surface area contributed by atoms with E-state index in [1.54, 1.807) is 0 Å². The first-order chi connectivity index (χ1) is 6.57. The highest BCUT2D eigenvalue weighted by Crippen LogP contribution is 2.40. The van der Waals surface area contributed by atoms with Crippen LogP contribution in [0.15, 0.2) is 28.9 Å². The molecule has 1 aliphatic carbocycles. The lowest BCUT2D eigenvalue weighted by molar-refractivity contribution is 0.403. The molecule has 0 spiro atoms. The Morgan fingerprint density at radius 3 is 2.64 bits per heavy atom. The second-order valence-electron chi connectivity index (χ2n) is 4.64. The van der Waals surface area contributed by atoms with E-state index in [0.29, 0.717) is 5.41 Å². The molecule has 14 heavy (non-hydrogen) atoms.